The third kappa shape index (κ3) is 3.57. The zero-order valence-electron chi connectivity index (χ0n) is 12.5. The maximum absolute atomic E-state index is 11.7. The molecule has 0 spiro atoms. The van der Waals surface area contributed by atoms with Crippen LogP contribution in [-0.2, 0) is 14.3 Å². The van der Waals surface area contributed by atoms with Crippen LogP contribution in [0.3, 0.4) is 0 Å². The third-order valence-electron chi connectivity index (χ3n) is 3.00. The highest BCUT2D eigenvalue weighted by atomic mass is 32.2. The Balaban J connectivity index is 2.04. The number of aliphatic hydroxyl groups excluding tert-OH is 1. The second kappa shape index (κ2) is 5.69. The summed E-state index contributed by atoms with van der Waals surface area (Å²) in [5, 5.41) is 9.78. The van der Waals surface area contributed by atoms with Crippen LogP contribution in [0, 0.1) is 0 Å². The molecule has 1 N–H and O–H groups in total. The molecule has 0 radical (unpaired) electrons. The Morgan fingerprint density at radius 2 is 2.10 bits per heavy atom. The highest BCUT2D eigenvalue weighted by molar-refractivity contribution is 8.00. The van der Waals surface area contributed by atoms with Crippen molar-refractivity contribution in [1.29, 1.82) is 0 Å². The molecule has 1 aromatic rings. The summed E-state index contributed by atoms with van der Waals surface area (Å²) < 4.78 is 5.24. The Morgan fingerprint density at radius 3 is 2.71 bits per heavy atom. The van der Waals surface area contributed by atoms with Crippen LogP contribution in [0.25, 0.3) is 0 Å². The van der Waals surface area contributed by atoms with Crippen LogP contribution in [-0.4, -0.2) is 35.4 Å². The molecule has 0 aromatic heterocycles. The van der Waals surface area contributed by atoms with Gasteiger partial charge in [-0.1, -0.05) is 6.07 Å². The molecule has 1 aliphatic heterocycles. The summed E-state index contributed by atoms with van der Waals surface area (Å²) in [6.07, 6.45) is -1.09. The summed E-state index contributed by atoms with van der Waals surface area (Å²) in [6, 6.07) is 5.32. The number of carbonyl (C=O) groups excluding carboxylic acids is 2. The number of amides is 1. The number of fused-ring (bicyclic) bond motifs is 1. The van der Waals surface area contributed by atoms with Crippen molar-refractivity contribution in [3.05, 3.63) is 23.8 Å². The van der Waals surface area contributed by atoms with E-state index >= 15 is 0 Å². The predicted molar refractivity (Wildman–Crippen MR) is 81.4 cm³/mol. The van der Waals surface area contributed by atoms with Gasteiger partial charge in [0.2, 0.25) is 0 Å². The van der Waals surface area contributed by atoms with Gasteiger partial charge in [-0.3, -0.25) is 9.59 Å². The van der Waals surface area contributed by atoms with E-state index in [0.717, 1.165) is 4.90 Å². The van der Waals surface area contributed by atoms with Crippen molar-refractivity contribution in [2.24, 2.45) is 0 Å². The molecule has 0 fully saturated rings. The van der Waals surface area contributed by atoms with Gasteiger partial charge in [0.1, 0.15) is 5.60 Å². The van der Waals surface area contributed by atoms with Crippen molar-refractivity contribution in [2.75, 3.05) is 17.7 Å². The number of hydrogen-bond acceptors (Lipinski definition) is 5. The predicted octanol–water partition coefficient (Wildman–Crippen LogP) is 2.13. The molecule has 0 saturated carbocycles. The number of thioether (sulfide) groups is 1. The molecule has 1 aliphatic rings. The monoisotopic (exact) mass is 309 g/mol. The Morgan fingerprint density at radius 1 is 1.43 bits per heavy atom. The molecule has 114 valence electrons. The summed E-state index contributed by atoms with van der Waals surface area (Å²) >= 11 is 1.35. The topological polar surface area (TPSA) is 66.8 Å². The van der Waals surface area contributed by atoms with E-state index in [1.807, 2.05) is 20.8 Å². The van der Waals surface area contributed by atoms with Crippen LogP contribution in [0.1, 0.15) is 32.4 Å². The van der Waals surface area contributed by atoms with E-state index in [1.54, 1.807) is 25.2 Å². The Labute approximate surface area is 128 Å². The number of rotatable bonds is 3. The first-order chi connectivity index (χ1) is 9.69. The largest absolute Gasteiger partial charge is 0.459 e. The third-order valence-corrected chi connectivity index (χ3v) is 3.97. The van der Waals surface area contributed by atoms with Gasteiger partial charge in [0.05, 0.1) is 11.4 Å². The number of anilines is 1. The molecular formula is C15H19NO4S. The minimum atomic E-state index is -1.09. The Hall–Kier alpha value is -1.53. The molecular weight excluding hydrogens is 290 g/mol. The van der Waals surface area contributed by atoms with E-state index < -0.39 is 11.7 Å². The first-order valence-corrected chi connectivity index (χ1v) is 7.62. The van der Waals surface area contributed by atoms with Crippen LogP contribution in [0.15, 0.2) is 23.1 Å². The average molecular weight is 309 g/mol. The number of carbonyl (C=O) groups is 2. The van der Waals surface area contributed by atoms with Gasteiger partial charge in [-0.15, -0.1) is 11.8 Å². The fourth-order valence-corrected chi connectivity index (χ4v) is 2.79. The van der Waals surface area contributed by atoms with Gasteiger partial charge in [0.15, 0.2) is 6.10 Å². The fourth-order valence-electron chi connectivity index (χ4n) is 2.08. The van der Waals surface area contributed by atoms with E-state index in [-0.39, 0.29) is 17.6 Å². The zero-order valence-corrected chi connectivity index (χ0v) is 13.4. The highest BCUT2D eigenvalue weighted by Gasteiger charge is 2.33. The van der Waals surface area contributed by atoms with E-state index in [0.29, 0.717) is 11.3 Å². The Bertz CT molecular complexity index is 580. The second-order valence-electron chi connectivity index (χ2n) is 5.90. The summed E-state index contributed by atoms with van der Waals surface area (Å²) in [4.78, 5) is 25.7. The maximum atomic E-state index is 11.7. The number of ether oxygens (including phenoxy) is 1. The van der Waals surface area contributed by atoms with E-state index in [1.165, 1.54) is 16.7 Å². The van der Waals surface area contributed by atoms with Crippen LogP contribution in [0.4, 0.5) is 5.69 Å². The molecule has 1 amide bonds. The van der Waals surface area contributed by atoms with E-state index in [2.05, 4.69) is 0 Å². The molecule has 2 rings (SSSR count). The molecule has 21 heavy (non-hydrogen) atoms. The summed E-state index contributed by atoms with van der Waals surface area (Å²) in [7, 11) is 1.62. The Kier molecular flexibility index (Phi) is 4.30. The molecule has 5 nitrogen and oxygen atoms in total. The number of aliphatic hydroxyl groups is 1. The zero-order chi connectivity index (χ0) is 15.8. The fraction of sp³-hybridized carbons (Fsp3) is 0.467. The van der Waals surface area contributed by atoms with Crippen molar-refractivity contribution in [3.8, 4) is 0 Å². The SMILES string of the molecule is CN1C(=O)C(O)c2ccc(SCC(=O)OC(C)(C)C)cc21. The lowest BCUT2D eigenvalue weighted by Crippen LogP contribution is -2.24. The minimum absolute atomic E-state index is 0.205. The van der Waals surface area contributed by atoms with Gasteiger partial charge in [0, 0.05) is 17.5 Å². The van der Waals surface area contributed by atoms with Gasteiger partial charge < -0.3 is 14.7 Å². The van der Waals surface area contributed by atoms with Crippen LogP contribution in [0.5, 0.6) is 0 Å². The molecule has 1 aromatic carbocycles. The summed E-state index contributed by atoms with van der Waals surface area (Å²) in [5.74, 6) is -0.409. The van der Waals surface area contributed by atoms with Gasteiger partial charge in [0.25, 0.3) is 5.91 Å². The lowest BCUT2D eigenvalue weighted by atomic mass is 10.1. The van der Waals surface area contributed by atoms with Crippen molar-refractivity contribution in [1.82, 2.24) is 0 Å². The normalized spacial score (nSPS) is 17.9. The molecule has 0 bridgehead atoms. The highest BCUT2D eigenvalue weighted by Crippen LogP contribution is 2.37. The average Bonchev–Trinajstić information content (AvgIpc) is 2.60. The maximum Gasteiger partial charge on any atom is 0.316 e. The van der Waals surface area contributed by atoms with Gasteiger partial charge in [-0.2, -0.15) is 0 Å². The first kappa shape index (κ1) is 15.9. The van der Waals surface area contributed by atoms with E-state index in [9.17, 15) is 14.7 Å². The molecule has 6 heteroatoms. The lowest BCUT2D eigenvalue weighted by molar-refractivity contribution is -0.151. The van der Waals surface area contributed by atoms with Crippen LogP contribution in [0.2, 0.25) is 0 Å². The smallest absolute Gasteiger partial charge is 0.316 e. The van der Waals surface area contributed by atoms with Crippen molar-refractivity contribution < 1.29 is 19.4 Å². The number of nitrogens with zero attached hydrogens (tertiary/aromatic N) is 1. The van der Waals surface area contributed by atoms with Crippen molar-refractivity contribution >= 4 is 29.3 Å². The minimum Gasteiger partial charge on any atom is -0.459 e. The van der Waals surface area contributed by atoms with Gasteiger partial charge in [-0.05, 0) is 32.9 Å². The number of benzene rings is 1. The second-order valence-corrected chi connectivity index (χ2v) is 6.94. The number of likely N-dealkylation sites (N-methyl/N-ethyl adjacent to an activating group) is 1. The van der Waals surface area contributed by atoms with Crippen molar-refractivity contribution in [3.63, 3.8) is 0 Å². The van der Waals surface area contributed by atoms with E-state index in [4.69, 9.17) is 4.74 Å². The lowest BCUT2D eigenvalue weighted by Gasteiger charge is -2.19. The molecule has 1 atom stereocenters. The standard InChI is InChI=1S/C15H19NO4S/c1-15(2,3)20-12(17)8-21-9-5-6-10-11(7-9)16(4)14(19)13(10)18/h5-7,13,18H,8H2,1-4H3. The number of hydrogen-bond donors (Lipinski definition) is 1. The van der Waals surface area contributed by atoms with Gasteiger partial charge >= 0.3 is 5.97 Å². The molecule has 0 saturated heterocycles. The molecule has 0 aliphatic carbocycles. The molecule has 1 heterocycles. The van der Waals surface area contributed by atoms with Gasteiger partial charge in [-0.25, -0.2) is 0 Å². The number of esters is 1. The first-order valence-electron chi connectivity index (χ1n) is 6.63. The summed E-state index contributed by atoms with van der Waals surface area (Å²) in [6.45, 7) is 5.48. The quantitative estimate of drug-likeness (QED) is 0.684. The van der Waals surface area contributed by atoms with Crippen LogP contribution >= 0.6 is 11.8 Å². The summed E-state index contributed by atoms with van der Waals surface area (Å²) in [5.41, 5.74) is 0.789. The van der Waals surface area contributed by atoms with Crippen LogP contribution < -0.4 is 4.90 Å². The van der Waals surface area contributed by atoms with Crippen molar-refractivity contribution in [2.45, 2.75) is 37.4 Å². The molecule has 1 unspecified atom stereocenters.